The van der Waals surface area contributed by atoms with Gasteiger partial charge in [-0.15, -0.1) is 5.56 Å². The summed E-state index contributed by atoms with van der Waals surface area (Å²) in [5, 5.41) is 0. The molecule has 0 heterocycles. The van der Waals surface area contributed by atoms with Crippen LogP contribution in [0.1, 0.15) is 16.7 Å². The molecule has 0 aliphatic heterocycles. The summed E-state index contributed by atoms with van der Waals surface area (Å²) in [6, 6.07) is 14.4. The van der Waals surface area contributed by atoms with E-state index in [4.69, 9.17) is 0 Å². The average molecular weight is 271 g/mol. The van der Waals surface area contributed by atoms with Crippen molar-refractivity contribution >= 4 is 0 Å². The molecule has 0 fully saturated rings. The first-order chi connectivity index (χ1) is 7.61. The summed E-state index contributed by atoms with van der Waals surface area (Å²) < 4.78 is 0. The maximum Gasteiger partial charge on any atom is 2.00 e. The van der Waals surface area contributed by atoms with E-state index in [2.05, 4.69) is 45.0 Å². The van der Waals surface area contributed by atoms with Crippen molar-refractivity contribution in [2.45, 2.75) is 20.4 Å². The Hall–Kier alpha value is -0.821. The normalized spacial score (nSPS) is 9.47. The van der Waals surface area contributed by atoms with Gasteiger partial charge in [0, 0.05) is 0 Å². The molecule has 0 aliphatic rings. The Bertz CT molecular complexity index is 368. The number of hydrogen-bond acceptors (Lipinski definition) is 1. The minimum atomic E-state index is 0. The molecule has 0 spiro atoms. The Balaban J connectivity index is 0.000000360. The van der Waals surface area contributed by atoms with Crippen molar-refractivity contribution in [1.29, 1.82) is 0 Å². The summed E-state index contributed by atoms with van der Waals surface area (Å²) >= 11 is 0. The number of hydrogen-bond donors (Lipinski definition) is 0. The van der Waals surface area contributed by atoms with Gasteiger partial charge in [-0.1, -0.05) is 13.8 Å². The standard InChI is InChI=1S/C10H16N.C5H5.Fe/c1-8-5-6-10(9(8)2)7-11(3)4;1-2-4-5-3-1;/h5-6H,7H2,1-4H3;1-5H;/q2*-1;+2. The van der Waals surface area contributed by atoms with E-state index in [1.807, 2.05) is 30.3 Å². The van der Waals surface area contributed by atoms with Crippen LogP contribution in [0.2, 0.25) is 0 Å². The second kappa shape index (κ2) is 8.30. The zero-order valence-corrected chi connectivity index (χ0v) is 12.2. The molecule has 0 amide bonds. The second-order valence-corrected chi connectivity index (χ2v) is 4.37. The topological polar surface area (TPSA) is 3.24 Å². The van der Waals surface area contributed by atoms with E-state index in [0.29, 0.717) is 0 Å². The number of rotatable bonds is 2. The third-order valence-corrected chi connectivity index (χ3v) is 2.65. The predicted molar refractivity (Wildman–Crippen MR) is 70.9 cm³/mol. The maximum atomic E-state index is 2.21. The fraction of sp³-hybridized carbons (Fsp3) is 0.333. The molecule has 0 aromatic heterocycles. The molecule has 0 saturated carbocycles. The van der Waals surface area contributed by atoms with E-state index in [0.717, 1.165) is 6.54 Å². The molecule has 0 atom stereocenters. The fourth-order valence-corrected chi connectivity index (χ4v) is 1.56. The Morgan fingerprint density at radius 3 is 2.06 bits per heavy atom. The first-order valence-corrected chi connectivity index (χ1v) is 5.64. The molecule has 2 rings (SSSR count). The smallest absolute Gasteiger partial charge is 0.316 e. The summed E-state index contributed by atoms with van der Waals surface area (Å²) in [6.07, 6.45) is 0. The Labute approximate surface area is 116 Å². The molecule has 94 valence electrons. The first kappa shape index (κ1) is 16.2. The molecule has 2 heteroatoms. The largest absolute Gasteiger partial charge is 2.00 e. The summed E-state index contributed by atoms with van der Waals surface area (Å²) in [4.78, 5) is 2.20. The van der Waals surface area contributed by atoms with Gasteiger partial charge in [-0.3, -0.25) is 0 Å². The van der Waals surface area contributed by atoms with Crippen molar-refractivity contribution in [2.24, 2.45) is 0 Å². The van der Waals surface area contributed by atoms with Crippen LogP contribution in [0.4, 0.5) is 0 Å². The molecule has 2 aromatic rings. The monoisotopic (exact) mass is 271 g/mol. The van der Waals surface area contributed by atoms with Gasteiger partial charge in [0.25, 0.3) is 0 Å². The molecular weight excluding hydrogens is 250 g/mol. The molecule has 0 radical (unpaired) electrons. The van der Waals surface area contributed by atoms with Gasteiger partial charge in [-0.25, -0.2) is 18.2 Å². The van der Waals surface area contributed by atoms with Crippen LogP contribution in [0, 0.1) is 13.8 Å². The van der Waals surface area contributed by atoms with Crippen LogP contribution in [0.15, 0.2) is 42.5 Å². The number of nitrogens with zero attached hydrogens (tertiary/aromatic N) is 1. The van der Waals surface area contributed by atoms with Crippen LogP contribution in [0.25, 0.3) is 0 Å². The van der Waals surface area contributed by atoms with Crippen LogP contribution < -0.4 is 0 Å². The zero-order valence-electron chi connectivity index (χ0n) is 11.0. The summed E-state index contributed by atoms with van der Waals surface area (Å²) in [5.74, 6) is 0. The molecule has 2 aromatic carbocycles. The van der Waals surface area contributed by atoms with Crippen molar-refractivity contribution < 1.29 is 17.1 Å². The van der Waals surface area contributed by atoms with Crippen LogP contribution >= 0.6 is 0 Å². The Kier molecular flexibility index (Phi) is 7.90. The van der Waals surface area contributed by atoms with Gasteiger partial charge < -0.3 is 4.90 Å². The zero-order chi connectivity index (χ0) is 12.0. The first-order valence-electron chi connectivity index (χ1n) is 5.64. The second-order valence-electron chi connectivity index (χ2n) is 4.37. The average Bonchev–Trinajstić information content (AvgIpc) is 2.87. The minimum absolute atomic E-state index is 0. The molecule has 1 nitrogen and oxygen atoms in total. The predicted octanol–water partition coefficient (Wildman–Crippen LogP) is 3.49. The third kappa shape index (κ3) is 5.88. The fourth-order valence-electron chi connectivity index (χ4n) is 1.56. The molecule has 0 bridgehead atoms. The van der Waals surface area contributed by atoms with Gasteiger partial charge in [-0.05, 0) is 20.6 Å². The van der Waals surface area contributed by atoms with Gasteiger partial charge >= 0.3 is 17.1 Å². The molecule has 0 N–H and O–H groups in total. The van der Waals surface area contributed by atoms with Crippen molar-refractivity contribution in [2.75, 3.05) is 14.1 Å². The van der Waals surface area contributed by atoms with E-state index in [-0.39, 0.29) is 17.1 Å². The molecule has 17 heavy (non-hydrogen) atoms. The third-order valence-electron chi connectivity index (χ3n) is 2.65. The van der Waals surface area contributed by atoms with Crippen LogP contribution in [0.3, 0.4) is 0 Å². The van der Waals surface area contributed by atoms with Crippen LogP contribution in [-0.4, -0.2) is 19.0 Å². The SMILES string of the molecule is Cc1cc[c-](CN(C)C)c1C.[Fe+2].c1cc[cH-]c1. The van der Waals surface area contributed by atoms with Gasteiger partial charge in [0.2, 0.25) is 0 Å². The van der Waals surface area contributed by atoms with E-state index < -0.39 is 0 Å². The Morgan fingerprint density at radius 2 is 1.76 bits per heavy atom. The summed E-state index contributed by atoms with van der Waals surface area (Å²) in [5.41, 5.74) is 4.30. The van der Waals surface area contributed by atoms with Gasteiger partial charge in [0.1, 0.15) is 0 Å². The minimum Gasteiger partial charge on any atom is -0.316 e. The summed E-state index contributed by atoms with van der Waals surface area (Å²) in [6.45, 7) is 5.41. The number of aryl methyl sites for hydroxylation is 1. The Morgan fingerprint density at radius 1 is 1.18 bits per heavy atom. The molecule has 0 saturated heterocycles. The van der Waals surface area contributed by atoms with Crippen molar-refractivity contribution in [3.63, 3.8) is 0 Å². The van der Waals surface area contributed by atoms with E-state index >= 15 is 0 Å². The molecule has 0 unspecified atom stereocenters. The van der Waals surface area contributed by atoms with Crippen molar-refractivity contribution in [3.8, 4) is 0 Å². The quantitative estimate of drug-likeness (QED) is 0.597. The van der Waals surface area contributed by atoms with Crippen LogP contribution in [-0.2, 0) is 23.6 Å². The van der Waals surface area contributed by atoms with Crippen molar-refractivity contribution in [1.82, 2.24) is 4.90 Å². The molecule has 0 aliphatic carbocycles. The van der Waals surface area contributed by atoms with E-state index in [1.54, 1.807) is 0 Å². The van der Waals surface area contributed by atoms with Gasteiger partial charge in [-0.2, -0.15) is 35.4 Å². The van der Waals surface area contributed by atoms with E-state index in [1.165, 1.54) is 16.7 Å². The van der Waals surface area contributed by atoms with Gasteiger partial charge in [0.15, 0.2) is 0 Å². The van der Waals surface area contributed by atoms with Crippen LogP contribution in [0.5, 0.6) is 0 Å². The molecular formula is C15H21FeN. The van der Waals surface area contributed by atoms with Gasteiger partial charge in [0.05, 0.1) is 0 Å². The van der Waals surface area contributed by atoms with Crippen molar-refractivity contribution in [3.05, 3.63) is 59.2 Å². The maximum absolute atomic E-state index is 2.21. The summed E-state index contributed by atoms with van der Waals surface area (Å²) in [7, 11) is 4.20. The van der Waals surface area contributed by atoms with E-state index in [9.17, 15) is 0 Å².